The van der Waals surface area contributed by atoms with Gasteiger partial charge in [0.25, 0.3) is 0 Å². The fourth-order valence-corrected chi connectivity index (χ4v) is 9.05. The van der Waals surface area contributed by atoms with Crippen LogP contribution in [0.4, 0.5) is 0 Å². The Labute approximate surface area is 376 Å². The number of hydrogen-bond donors (Lipinski definition) is 6. The highest BCUT2D eigenvalue weighted by Crippen LogP contribution is 2.17. The second-order valence-corrected chi connectivity index (χ2v) is 19.2. The molecule has 0 bridgehead atoms. The lowest BCUT2D eigenvalue weighted by Gasteiger charge is -2.31. The smallest absolute Gasteiger partial charge is 0.243 e. The van der Waals surface area contributed by atoms with Crippen molar-refractivity contribution >= 4 is 11.8 Å². The van der Waals surface area contributed by atoms with E-state index in [1.165, 1.54) is 116 Å². The van der Waals surface area contributed by atoms with Crippen molar-refractivity contribution in [3.8, 4) is 0 Å². The number of carbonyl (C=O) groups is 2. The number of nitrogens with zero attached hydrogens (tertiary/aromatic N) is 2. The van der Waals surface area contributed by atoms with Crippen molar-refractivity contribution in [2.24, 2.45) is 0 Å². The van der Waals surface area contributed by atoms with Crippen LogP contribution in [-0.4, -0.2) is 118 Å². The molecule has 1 rings (SSSR count). The Bertz CT molecular complexity index is 976. The van der Waals surface area contributed by atoms with E-state index >= 15 is 0 Å². The van der Waals surface area contributed by atoms with E-state index in [1.807, 2.05) is 0 Å². The predicted molar refractivity (Wildman–Crippen MR) is 256 cm³/mol. The van der Waals surface area contributed by atoms with Crippen LogP contribution in [0, 0.1) is 0 Å². The third-order valence-corrected chi connectivity index (χ3v) is 12.8. The van der Waals surface area contributed by atoms with Crippen LogP contribution in [0.15, 0.2) is 0 Å². The van der Waals surface area contributed by atoms with Crippen LogP contribution in [0.5, 0.6) is 0 Å². The van der Waals surface area contributed by atoms with E-state index in [4.69, 9.17) is 0 Å². The highest BCUT2D eigenvalue weighted by molar-refractivity contribution is 5.96. The van der Waals surface area contributed by atoms with Gasteiger partial charge in [0.05, 0.1) is 24.4 Å². The van der Waals surface area contributed by atoms with E-state index in [9.17, 15) is 30.0 Å². The number of hydrogen-bond acceptors (Lipinski definition) is 8. The first kappa shape index (κ1) is 57.7. The monoisotopic (exact) mass is 867 g/mol. The summed E-state index contributed by atoms with van der Waals surface area (Å²) in [5.74, 6) is -0.246. The van der Waals surface area contributed by atoms with Crippen molar-refractivity contribution in [1.29, 1.82) is 0 Å². The second-order valence-electron chi connectivity index (χ2n) is 19.2. The molecule has 0 aliphatic carbocycles. The Kier molecular flexibility index (Phi) is 38.1. The van der Waals surface area contributed by atoms with Crippen LogP contribution in [0.25, 0.3) is 0 Å². The van der Waals surface area contributed by atoms with E-state index in [-0.39, 0.29) is 11.8 Å². The molecule has 0 aromatic carbocycles. The molecular weight excluding hydrogens is 765 g/mol. The topological polar surface area (TPSA) is 146 Å². The van der Waals surface area contributed by atoms with Crippen LogP contribution in [0.2, 0.25) is 0 Å². The minimum absolute atomic E-state index is 0.122. The zero-order valence-electron chi connectivity index (χ0n) is 40.5. The number of carbonyl (C=O) groups excluding carboxylic acids is 2. The molecular formula is C51H102N4O6. The first-order valence-electron chi connectivity index (χ1n) is 26.4. The molecule has 1 saturated heterocycles. The summed E-state index contributed by atoms with van der Waals surface area (Å²) in [6.45, 7) is 12.2. The van der Waals surface area contributed by atoms with Crippen molar-refractivity contribution in [1.82, 2.24) is 20.4 Å². The van der Waals surface area contributed by atoms with Gasteiger partial charge in [-0.05, 0) is 77.8 Å². The van der Waals surface area contributed by atoms with Gasteiger partial charge in [-0.1, -0.05) is 175 Å². The quantitative estimate of drug-likeness (QED) is 0.0332. The zero-order chi connectivity index (χ0) is 44.8. The molecule has 10 nitrogen and oxygen atoms in total. The molecule has 1 fully saturated rings. The van der Waals surface area contributed by atoms with Crippen molar-refractivity contribution < 1.29 is 30.0 Å². The number of nitrogens with one attached hydrogen (secondary N) is 2. The Morgan fingerprint density at radius 3 is 0.984 bits per heavy atom. The lowest BCUT2D eigenvalue weighted by Crippen LogP contribution is -2.61. The molecule has 2 amide bonds. The summed E-state index contributed by atoms with van der Waals surface area (Å²) in [7, 11) is 0. The van der Waals surface area contributed by atoms with Gasteiger partial charge >= 0.3 is 0 Å². The van der Waals surface area contributed by atoms with Crippen molar-refractivity contribution in [2.75, 3.05) is 39.3 Å². The Balaban J connectivity index is 2.47. The molecule has 0 saturated carbocycles. The highest BCUT2D eigenvalue weighted by atomic mass is 16.3. The van der Waals surface area contributed by atoms with Gasteiger partial charge in [-0.25, -0.2) is 0 Å². The van der Waals surface area contributed by atoms with E-state index < -0.39 is 36.5 Å². The lowest BCUT2D eigenvalue weighted by atomic mass is 10.0. The summed E-state index contributed by atoms with van der Waals surface area (Å²) >= 11 is 0. The maximum absolute atomic E-state index is 13.1. The van der Waals surface area contributed by atoms with E-state index in [0.29, 0.717) is 39.0 Å². The molecule has 1 aliphatic heterocycles. The molecule has 0 radical (unpaired) electrons. The van der Waals surface area contributed by atoms with Gasteiger partial charge < -0.3 is 31.1 Å². The minimum Gasteiger partial charge on any atom is -0.392 e. The van der Waals surface area contributed by atoms with E-state index in [0.717, 1.165) is 96.6 Å². The Hall–Kier alpha value is -1.30. The molecule has 4 unspecified atom stereocenters. The van der Waals surface area contributed by atoms with E-state index in [1.54, 1.807) is 6.92 Å². The van der Waals surface area contributed by atoms with Crippen molar-refractivity contribution in [2.45, 2.75) is 276 Å². The summed E-state index contributed by atoms with van der Waals surface area (Å²) in [6, 6.07) is -1.08. The largest absolute Gasteiger partial charge is 0.392 e. The third-order valence-electron chi connectivity index (χ3n) is 12.8. The molecule has 6 atom stereocenters. The summed E-state index contributed by atoms with van der Waals surface area (Å²) in [5.41, 5.74) is 0. The Morgan fingerprint density at radius 1 is 0.410 bits per heavy atom. The maximum Gasteiger partial charge on any atom is 0.243 e. The normalized spacial score (nSPS) is 17.8. The van der Waals surface area contributed by atoms with Gasteiger partial charge in [-0.3, -0.25) is 19.4 Å². The number of aliphatic hydroxyl groups is 4. The van der Waals surface area contributed by atoms with Crippen molar-refractivity contribution in [3.63, 3.8) is 0 Å². The average molecular weight is 867 g/mol. The summed E-state index contributed by atoms with van der Waals surface area (Å²) < 4.78 is 0. The van der Waals surface area contributed by atoms with Crippen LogP contribution in [-0.2, 0) is 9.59 Å². The molecule has 61 heavy (non-hydrogen) atoms. The molecule has 6 N–H and O–H groups in total. The van der Waals surface area contributed by atoms with E-state index in [2.05, 4.69) is 41.2 Å². The number of amides is 2. The van der Waals surface area contributed by atoms with Gasteiger partial charge in [-0.2, -0.15) is 0 Å². The summed E-state index contributed by atoms with van der Waals surface area (Å²) in [5, 5.41) is 48.7. The third kappa shape index (κ3) is 33.8. The highest BCUT2D eigenvalue weighted by Gasteiger charge is 2.33. The lowest BCUT2D eigenvalue weighted by molar-refractivity contribution is -0.137. The minimum atomic E-state index is -0.540. The number of aliphatic hydroxyl groups excluding tert-OH is 4. The zero-order valence-corrected chi connectivity index (χ0v) is 40.5. The van der Waals surface area contributed by atoms with Crippen LogP contribution in [0.1, 0.15) is 240 Å². The molecule has 362 valence electrons. The van der Waals surface area contributed by atoms with Crippen LogP contribution in [0.3, 0.4) is 0 Å². The summed E-state index contributed by atoms with van der Waals surface area (Å²) in [6.07, 6.45) is 34.7. The summed E-state index contributed by atoms with van der Waals surface area (Å²) in [4.78, 5) is 30.5. The van der Waals surface area contributed by atoms with Gasteiger partial charge in [0, 0.05) is 26.2 Å². The van der Waals surface area contributed by atoms with Crippen LogP contribution >= 0.6 is 0 Å². The fourth-order valence-electron chi connectivity index (χ4n) is 9.05. The van der Waals surface area contributed by atoms with Crippen molar-refractivity contribution in [3.05, 3.63) is 0 Å². The molecule has 1 aliphatic rings. The molecule has 10 heteroatoms. The first-order valence-corrected chi connectivity index (χ1v) is 26.4. The maximum atomic E-state index is 13.1. The molecule has 0 spiro atoms. The average Bonchev–Trinajstić information content (AvgIpc) is 3.22. The second kappa shape index (κ2) is 40.2. The van der Waals surface area contributed by atoms with Gasteiger partial charge in [0.15, 0.2) is 0 Å². The molecule has 1 heterocycles. The molecule has 0 aromatic rings. The van der Waals surface area contributed by atoms with Gasteiger partial charge in [-0.15, -0.1) is 0 Å². The standard InChI is InChI=1S/C51H102N4O6/c1-5-8-11-14-17-20-23-26-33-45(57)41-54(40-44(4)56)38-31-29-36-48-50(60)53-49(51(61)52-48)37-30-32-39-55(42-46(58)34-27-24-21-18-15-12-9-6-2)43-47(59)35-28-25-22-19-16-13-10-7-3/h44-49,56-59H,5-43H2,1-4H3,(H,52,61)(H,53,60)/t44?,45?,46?,47?,48-,49-/m0/s1. The number of unbranched alkanes of at least 4 members (excludes halogenated alkanes) is 23. The van der Waals surface area contributed by atoms with Gasteiger partial charge in [0.1, 0.15) is 12.1 Å². The van der Waals surface area contributed by atoms with Gasteiger partial charge in [0.2, 0.25) is 11.8 Å². The SMILES string of the molecule is CCCCCCCCCCC(O)CN(CCCC[C@@H]1NC(=O)[C@H](CCCCN(CC(O)CCCCCCCCCC)CC(O)CCCCCCCCCC)NC1=O)CC(C)O. The number of piperazine rings is 1. The van der Waals surface area contributed by atoms with Crippen LogP contribution < -0.4 is 10.6 Å². The fraction of sp³-hybridized carbons (Fsp3) is 0.961. The predicted octanol–water partition coefficient (Wildman–Crippen LogP) is 9.97. The number of rotatable bonds is 45. The first-order chi connectivity index (χ1) is 29.6. The Morgan fingerprint density at radius 2 is 0.689 bits per heavy atom. The molecule has 0 aromatic heterocycles.